The molecule has 0 N–H and O–H groups in total. The summed E-state index contributed by atoms with van der Waals surface area (Å²) in [5, 5.41) is 0. The molecular weight excluding hydrogens is 174 g/mol. The first-order valence-corrected chi connectivity index (χ1v) is 7.83. The number of nitrogens with zero attached hydrogens (tertiary/aromatic N) is 1. The third-order valence-corrected chi connectivity index (χ3v) is 5.85. The van der Waals surface area contributed by atoms with E-state index in [4.69, 9.17) is 0 Å². The molecule has 1 rings (SSSR count). The van der Waals surface area contributed by atoms with Gasteiger partial charge in [-0.15, -0.1) is 11.3 Å². The van der Waals surface area contributed by atoms with Gasteiger partial charge in [0, 0.05) is 4.50 Å². The van der Waals surface area contributed by atoms with Crippen LogP contribution in [-0.2, 0) is 0 Å². The van der Waals surface area contributed by atoms with Gasteiger partial charge in [-0.1, -0.05) is 19.6 Å². The molecule has 0 spiro atoms. The zero-order chi connectivity index (χ0) is 8.48. The van der Waals surface area contributed by atoms with E-state index in [1.54, 1.807) is 16.8 Å². The fraction of sp³-hybridized carbons (Fsp3) is 0.429. The van der Waals surface area contributed by atoms with Crippen molar-refractivity contribution in [1.29, 1.82) is 0 Å². The molecule has 0 fully saturated rings. The smallest absolute Gasteiger partial charge is 0.169 e. The standard InChI is InChI=1S/C7H11NOSSi/c1-11(2,3)7-6(4-9)8-5-10-7/h4-5H,1-3H3. The quantitative estimate of drug-likeness (QED) is 0.516. The lowest BCUT2D eigenvalue weighted by molar-refractivity contribution is 0.112. The van der Waals surface area contributed by atoms with E-state index in [0.29, 0.717) is 5.69 Å². The highest BCUT2D eigenvalue weighted by molar-refractivity contribution is 7.25. The molecule has 0 saturated carbocycles. The predicted octanol–water partition coefficient (Wildman–Crippen LogP) is 1.50. The molecule has 0 aliphatic heterocycles. The van der Waals surface area contributed by atoms with Crippen molar-refractivity contribution in [1.82, 2.24) is 4.98 Å². The van der Waals surface area contributed by atoms with Crippen molar-refractivity contribution in [3.05, 3.63) is 11.2 Å². The van der Waals surface area contributed by atoms with Crippen LogP contribution in [0.15, 0.2) is 5.51 Å². The number of carbonyl (C=O) groups excluding carboxylic acids is 1. The van der Waals surface area contributed by atoms with Gasteiger partial charge < -0.3 is 0 Å². The van der Waals surface area contributed by atoms with Gasteiger partial charge in [-0.05, 0) is 0 Å². The Morgan fingerprint density at radius 1 is 1.55 bits per heavy atom. The monoisotopic (exact) mass is 185 g/mol. The summed E-state index contributed by atoms with van der Waals surface area (Å²) in [7, 11) is -1.32. The molecule has 0 aliphatic rings. The Morgan fingerprint density at radius 3 is 2.55 bits per heavy atom. The van der Waals surface area contributed by atoms with Crippen molar-refractivity contribution >= 4 is 30.2 Å². The van der Waals surface area contributed by atoms with E-state index >= 15 is 0 Å². The van der Waals surface area contributed by atoms with Crippen molar-refractivity contribution in [2.45, 2.75) is 19.6 Å². The van der Waals surface area contributed by atoms with Crippen LogP contribution in [0.25, 0.3) is 0 Å². The molecule has 0 bridgehead atoms. The molecule has 4 heteroatoms. The van der Waals surface area contributed by atoms with E-state index in [2.05, 4.69) is 24.6 Å². The molecule has 0 unspecified atom stereocenters. The van der Waals surface area contributed by atoms with Gasteiger partial charge in [0.25, 0.3) is 0 Å². The molecule has 0 amide bonds. The topological polar surface area (TPSA) is 30.0 Å². The third kappa shape index (κ3) is 1.75. The summed E-state index contributed by atoms with van der Waals surface area (Å²) in [6.45, 7) is 6.65. The first kappa shape index (κ1) is 8.61. The van der Waals surface area contributed by atoms with Crippen LogP contribution in [0.2, 0.25) is 19.6 Å². The van der Waals surface area contributed by atoms with Crippen LogP contribution in [0.5, 0.6) is 0 Å². The molecule has 60 valence electrons. The highest BCUT2D eigenvalue weighted by Gasteiger charge is 2.22. The molecule has 1 aromatic heterocycles. The molecule has 2 nitrogen and oxygen atoms in total. The van der Waals surface area contributed by atoms with Crippen molar-refractivity contribution in [2.75, 3.05) is 0 Å². The molecule has 1 aromatic rings. The van der Waals surface area contributed by atoms with Gasteiger partial charge >= 0.3 is 0 Å². The molecule has 0 saturated heterocycles. The number of carbonyl (C=O) groups is 1. The number of aromatic nitrogens is 1. The molecule has 11 heavy (non-hydrogen) atoms. The number of hydrogen-bond acceptors (Lipinski definition) is 3. The number of thiazole rings is 1. The highest BCUT2D eigenvalue weighted by Crippen LogP contribution is 2.08. The van der Waals surface area contributed by atoms with Crippen LogP contribution < -0.4 is 4.50 Å². The van der Waals surface area contributed by atoms with Crippen LogP contribution >= 0.6 is 11.3 Å². The number of hydrogen-bond donors (Lipinski definition) is 0. The van der Waals surface area contributed by atoms with E-state index in [0.717, 1.165) is 6.29 Å². The lowest BCUT2D eigenvalue weighted by Crippen LogP contribution is -2.37. The summed E-state index contributed by atoms with van der Waals surface area (Å²) in [6, 6.07) is 0. The zero-order valence-electron chi connectivity index (χ0n) is 6.92. The molecule has 0 aliphatic carbocycles. The largest absolute Gasteiger partial charge is 0.296 e. The minimum absolute atomic E-state index is 0.647. The summed E-state index contributed by atoms with van der Waals surface area (Å²) < 4.78 is 1.20. The van der Waals surface area contributed by atoms with E-state index in [1.165, 1.54) is 4.50 Å². The lowest BCUT2D eigenvalue weighted by Gasteiger charge is -2.12. The maximum Gasteiger partial charge on any atom is 0.169 e. The Bertz CT molecular complexity index is 264. The van der Waals surface area contributed by atoms with Crippen molar-refractivity contribution in [3.63, 3.8) is 0 Å². The minimum atomic E-state index is -1.32. The predicted molar refractivity (Wildman–Crippen MR) is 50.5 cm³/mol. The summed E-state index contributed by atoms with van der Waals surface area (Å²) in [5.41, 5.74) is 2.39. The van der Waals surface area contributed by atoms with Gasteiger partial charge in [0.1, 0.15) is 5.69 Å². The summed E-state index contributed by atoms with van der Waals surface area (Å²) in [4.78, 5) is 14.5. The third-order valence-electron chi connectivity index (χ3n) is 1.39. The van der Waals surface area contributed by atoms with Crippen LogP contribution in [0.1, 0.15) is 10.5 Å². The first-order valence-electron chi connectivity index (χ1n) is 3.45. The van der Waals surface area contributed by atoms with E-state index in [-0.39, 0.29) is 0 Å². The van der Waals surface area contributed by atoms with Gasteiger partial charge in [0.15, 0.2) is 6.29 Å². The second-order valence-corrected chi connectivity index (χ2v) is 9.65. The Kier molecular flexibility index (Phi) is 2.24. The van der Waals surface area contributed by atoms with E-state index in [9.17, 15) is 4.79 Å². The molecular formula is C7H11NOSSi. The summed E-state index contributed by atoms with van der Waals surface area (Å²) >= 11 is 1.60. The Balaban J connectivity index is 3.12. The molecule has 1 heterocycles. The van der Waals surface area contributed by atoms with Crippen LogP contribution in [-0.4, -0.2) is 19.3 Å². The lowest BCUT2D eigenvalue weighted by atomic mass is 10.6. The Labute approximate surface area is 71.3 Å². The second kappa shape index (κ2) is 2.87. The minimum Gasteiger partial charge on any atom is -0.296 e. The van der Waals surface area contributed by atoms with Gasteiger partial charge in [0.05, 0.1) is 13.6 Å². The second-order valence-electron chi connectivity index (χ2n) is 3.43. The van der Waals surface area contributed by atoms with Crippen molar-refractivity contribution < 1.29 is 4.79 Å². The zero-order valence-corrected chi connectivity index (χ0v) is 8.73. The highest BCUT2D eigenvalue weighted by atomic mass is 32.1. The maximum absolute atomic E-state index is 10.5. The van der Waals surface area contributed by atoms with Crippen molar-refractivity contribution in [2.24, 2.45) is 0 Å². The fourth-order valence-electron chi connectivity index (χ4n) is 0.900. The SMILES string of the molecule is C[Si](C)(C)c1scnc1C=O. The van der Waals surface area contributed by atoms with Gasteiger partial charge in [-0.3, -0.25) is 4.79 Å². The van der Waals surface area contributed by atoms with Gasteiger partial charge in [-0.2, -0.15) is 0 Å². The van der Waals surface area contributed by atoms with Crippen molar-refractivity contribution in [3.8, 4) is 0 Å². The van der Waals surface area contributed by atoms with Crippen LogP contribution in [0, 0.1) is 0 Å². The van der Waals surface area contributed by atoms with Crippen LogP contribution in [0.4, 0.5) is 0 Å². The molecule has 0 atom stereocenters. The van der Waals surface area contributed by atoms with Gasteiger partial charge in [-0.25, -0.2) is 4.98 Å². The fourth-order valence-corrected chi connectivity index (χ4v) is 3.86. The summed E-state index contributed by atoms with van der Waals surface area (Å²) in [6.07, 6.45) is 0.851. The average molecular weight is 185 g/mol. The molecule has 0 radical (unpaired) electrons. The Morgan fingerprint density at radius 2 is 2.18 bits per heavy atom. The first-order chi connectivity index (χ1) is 5.05. The van der Waals surface area contributed by atoms with E-state index in [1.807, 2.05) is 0 Å². The normalized spacial score (nSPS) is 11.5. The molecule has 0 aromatic carbocycles. The van der Waals surface area contributed by atoms with Crippen LogP contribution in [0.3, 0.4) is 0 Å². The number of aldehydes is 1. The Hall–Kier alpha value is -0.483. The van der Waals surface area contributed by atoms with Gasteiger partial charge in [0.2, 0.25) is 0 Å². The number of rotatable bonds is 2. The maximum atomic E-state index is 10.5. The average Bonchev–Trinajstić information content (AvgIpc) is 2.31. The summed E-state index contributed by atoms with van der Waals surface area (Å²) in [5.74, 6) is 0. The van der Waals surface area contributed by atoms with E-state index < -0.39 is 8.07 Å².